The highest BCUT2D eigenvalue weighted by molar-refractivity contribution is 6.20. The van der Waals surface area contributed by atoms with Crippen LogP contribution in [-0.4, -0.2) is 0 Å². The van der Waals surface area contributed by atoms with E-state index in [1.54, 1.807) is 0 Å². The minimum atomic E-state index is 1.07. The Kier molecular flexibility index (Phi) is 3.50. The molecule has 0 unspecified atom stereocenters. The average molecular weight is 332 g/mol. The van der Waals surface area contributed by atoms with Gasteiger partial charge >= 0.3 is 0 Å². The van der Waals surface area contributed by atoms with Gasteiger partial charge in [0, 0.05) is 0 Å². The largest absolute Gasteiger partial charge is 0.0622 e. The zero-order chi connectivity index (χ0) is 17.5. The van der Waals surface area contributed by atoms with Crippen molar-refractivity contribution in [1.82, 2.24) is 0 Å². The van der Waals surface area contributed by atoms with Crippen LogP contribution in [0.3, 0.4) is 0 Å². The van der Waals surface area contributed by atoms with Gasteiger partial charge in [0.05, 0.1) is 0 Å². The molecule has 0 heterocycles. The number of hydrogen-bond donors (Lipinski definition) is 0. The first-order chi connectivity index (χ1) is 12.9. The lowest BCUT2D eigenvalue weighted by Crippen LogP contribution is -1.91. The van der Waals surface area contributed by atoms with Gasteiger partial charge in [-0.3, -0.25) is 0 Å². The minimum absolute atomic E-state index is 1.07. The van der Waals surface area contributed by atoms with Gasteiger partial charge < -0.3 is 0 Å². The molecule has 0 amide bonds. The van der Waals surface area contributed by atoms with Crippen molar-refractivity contribution in [2.45, 2.75) is 13.3 Å². The monoisotopic (exact) mass is 332 g/mol. The third kappa shape index (κ3) is 2.23. The fourth-order valence-electron chi connectivity index (χ4n) is 4.14. The molecule has 0 radical (unpaired) electrons. The summed E-state index contributed by atoms with van der Waals surface area (Å²) in [5, 5.41) is 2.69. The molecule has 1 aliphatic rings. The summed E-state index contributed by atoms with van der Waals surface area (Å²) in [4.78, 5) is 0. The van der Waals surface area contributed by atoms with Crippen molar-refractivity contribution in [1.29, 1.82) is 0 Å². The van der Waals surface area contributed by atoms with Crippen molar-refractivity contribution >= 4 is 21.9 Å². The maximum atomic E-state index is 2.28. The Labute approximate surface area is 154 Å². The van der Waals surface area contributed by atoms with Gasteiger partial charge in [-0.2, -0.15) is 0 Å². The van der Waals surface area contributed by atoms with Gasteiger partial charge in [-0.15, -0.1) is 0 Å². The van der Waals surface area contributed by atoms with Crippen LogP contribution in [0.5, 0.6) is 0 Å². The quantitative estimate of drug-likeness (QED) is 0.344. The SMILES string of the molecule is CCc1ccc(C2=C(c3ccccc3)c3cccc4cccc2c34)cc1. The van der Waals surface area contributed by atoms with Crippen LogP contribution >= 0.6 is 0 Å². The van der Waals surface area contributed by atoms with Gasteiger partial charge in [-0.1, -0.05) is 97.9 Å². The number of aryl methyl sites for hydroxylation is 1. The Morgan fingerprint density at radius 3 is 1.69 bits per heavy atom. The zero-order valence-corrected chi connectivity index (χ0v) is 14.9. The summed E-state index contributed by atoms with van der Waals surface area (Å²) in [5.41, 5.74) is 9.35. The van der Waals surface area contributed by atoms with Gasteiger partial charge in [-0.25, -0.2) is 0 Å². The summed E-state index contributed by atoms with van der Waals surface area (Å²) in [6.45, 7) is 2.20. The molecule has 26 heavy (non-hydrogen) atoms. The van der Waals surface area contributed by atoms with Gasteiger partial charge in [0.2, 0.25) is 0 Å². The number of hydrogen-bond acceptors (Lipinski definition) is 0. The molecule has 0 heteroatoms. The van der Waals surface area contributed by atoms with Crippen LogP contribution in [0.15, 0.2) is 91.0 Å². The van der Waals surface area contributed by atoms with Crippen molar-refractivity contribution in [2.24, 2.45) is 0 Å². The third-order valence-electron chi connectivity index (χ3n) is 5.41. The lowest BCUT2D eigenvalue weighted by Gasteiger charge is -2.11. The fourth-order valence-corrected chi connectivity index (χ4v) is 4.14. The molecular weight excluding hydrogens is 312 g/mol. The van der Waals surface area contributed by atoms with E-state index in [4.69, 9.17) is 0 Å². The van der Waals surface area contributed by atoms with Gasteiger partial charge in [-0.05, 0) is 56.2 Å². The van der Waals surface area contributed by atoms with E-state index in [0.29, 0.717) is 0 Å². The summed E-state index contributed by atoms with van der Waals surface area (Å²) in [6.07, 6.45) is 1.07. The first-order valence-electron chi connectivity index (χ1n) is 9.28. The smallest absolute Gasteiger partial charge is 0.00201 e. The molecule has 1 aliphatic carbocycles. The lowest BCUT2D eigenvalue weighted by atomic mass is 9.92. The molecule has 0 aromatic heterocycles. The summed E-state index contributed by atoms with van der Waals surface area (Å²) >= 11 is 0. The molecular formula is C26H20. The Morgan fingerprint density at radius 2 is 1.12 bits per heavy atom. The molecule has 0 N–H and O–H groups in total. The van der Waals surface area contributed by atoms with Crippen molar-refractivity contribution in [3.8, 4) is 0 Å². The van der Waals surface area contributed by atoms with Crippen molar-refractivity contribution in [3.63, 3.8) is 0 Å². The number of rotatable bonds is 3. The predicted octanol–water partition coefficient (Wildman–Crippen LogP) is 6.72. The number of benzene rings is 4. The molecule has 4 aromatic carbocycles. The van der Waals surface area contributed by atoms with Crippen LogP contribution in [0.1, 0.15) is 34.7 Å². The molecule has 0 saturated heterocycles. The summed E-state index contributed by atoms with van der Waals surface area (Å²) in [7, 11) is 0. The van der Waals surface area contributed by atoms with Gasteiger partial charge in [0.1, 0.15) is 0 Å². The summed E-state index contributed by atoms with van der Waals surface area (Å²) < 4.78 is 0. The maximum Gasteiger partial charge on any atom is -0.00201 e. The Hall–Kier alpha value is -3.12. The van der Waals surface area contributed by atoms with Crippen LogP contribution in [0.2, 0.25) is 0 Å². The van der Waals surface area contributed by atoms with E-state index in [1.807, 2.05) is 0 Å². The molecule has 124 valence electrons. The lowest BCUT2D eigenvalue weighted by molar-refractivity contribution is 1.14. The Bertz CT molecular complexity index is 1120. The Morgan fingerprint density at radius 1 is 0.538 bits per heavy atom. The normalized spacial score (nSPS) is 12.8. The molecule has 4 aromatic rings. The second-order valence-corrected chi connectivity index (χ2v) is 6.88. The van der Waals surface area contributed by atoms with Crippen LogP contribution in [0, 0.1) is 0 Å². The maximum absolute atomic E-state index is 2.28. The molecule has 5 rings (SSSR count). The highest BCUT2D eigenvalue weighted by Crippen LogP contribution is 2.47. The topological polar surface area (TPSA) is 0 Å². The molecule has 0 spiro atoms. The fraction of sp³-hybridized carbons (Fsp3) is 0.0769. The molecule has 0 atom stereocenters. The molecule has 0 saturated carbocycles. The first kappa shape index (κ1) is 15.2. The third-order valence-corrected chi connectivity index (χ3v) is 5.41. The van der Waals surface area contributed by atoms with Crippen molar-refractivity contribution in [2.75, 3.05) is 0 Å². The van der Waals surface area contributed by atoms with Crippen molar-refractivity contribution in [3.05, 3.63) is 119 Å². The summed E-state index contributed by atoms with van der Waals surface area (Å²) in [5.74, 6) is 0. The van der Waals surface area contributed by atoms with E-state index in [2.05, 4.69) is 97.9 Å². The zero-order valence-electron chi connectivity index (χ0n) is 14.9. The van der Waals surface area contributed by atoms with Gasteiger partial charge in [0.15, 0.2) is 0 Å². The predicted molar refractivity (Wildman–Crippen MR) is 111 cm³/mol. The van der Waals surface area contributed by atoms with Crippen LogP contribution < -0.4 is 0 Å². The van der Waals surface area contributed by atoms with E-state index in [9.17, 15) is 0 Å². The second-order valence-electron chi connectivity index (χ2n) is 6.88. The summed E-state index contributed by atoms with van der Waals surface area (Å²) in [6, 6.07) is 33.2. The molecule has 0 fully saturated rings. The highest BCUT2D eigenvalue weighted by Gasteiger charge is 2.25. The van der Waals surface area contributed by atoms with Crippen LogP contribution in [-0.2, 0) is 6.42 Å². The van der Waals surface area contributed by atoms with Crippen LogP contribution in [0.25, 0.3) is 21.9 Å². The van der Waals surface area contributed by atoms with E-state index < -0.39 is 0 Å². The van der Waals surface area contributed by atoms with Crippen molar-refractivity contribution < 1.29 is 0 Å². The highest BCUT2D eigenvalue weighted by atomic mass is 14.3. The second kappa shape index (κ2) is 6.00. The van der Waals surface area contributed by atoms with E-state index in [0.717, 1.165) is 6.42 Å². The van der Waals surface area contributed by atoms with E-state index in [1.165, 1.54) is 49.7 Å². The average Bonchev–Trinajstić information content (AvgIpc) is 3.05. The van der Waals surface area contributed by atoms with Gasteiger partial charge in [0.25, 0.3) is 0 Å². The molecule has 0 aliphatic heterocycles. The van der Waals surface area contributed by atoms with E-state index in [-0.39, 0.29) is 0 Å². The minimum Gasteiger partial charge on any atom is -0.0622 e. The molecule has 0 nitrogen and oxygen atoms in total. The van der Waals surface area contributed by atoms with E-state index >= 15 is 0 Å². The molecule has 0 bridgehead atoms. The van der Waals surface area contributed by atoms with Crippen LogP contribution in [0.4, 0.5) is 0 Å². The first-order valence-corrected chi connectivity index (χ1v) is 9.28. The Balaban J connectivity index is 1.86. The standard InChI is InChI=1S/C26H20/c1-2-18-14-16-21(17-15-18)26-23-13-7-11-19-10-6-12-22(24(19)23)25(26)20-8-4-3-5-9-20/h3-17H,2H2,1H3.